The first kappa shape index (κ1) is 16.0. The summed E-state index contributed by atoms with van der Waals surface area (Å²) < 4.78 is 0. The quantitative estimate of drug-likeness (QED) is 0.865. The number of aryl methyl sites for hydroxylation is 1. The Morgan fingerprint density at radius 3 is 2.57 bits per heavy atom. The molecule has 0 spiro atoms. The maximum atomic E-state index is 11.7. The highest BCUT2D eigenvalue weighted by atomic mass is 16.2. The highest BCUT2D eigenvalue weighted by Gasteiger charge is 2.18. The van der Waals surface area contributed by atoms with E-state index in [2.05, 4.69) is 53.2 Å². The molecule has 1 aliphatic rings. The zero-order valence-electron chi connectivity index (χ0n) is 13.3. The fourth-order valence-corrected chi connectivity index (χ4v) is 2.70. The summed E-state index contributed by atoms with van der Waals surface area (Å²) in [6.07, 6.45) is 0.996. The first-order valence-electron chi connectivity index (χ1n) is 7.94. The lowest BCUT2D eigenvalue weighted by Crippen LogP contribution is -2.49. The molecule has 1 N–H and O–H groups in total. The molecule has 4 nitrogen and oxygen atoms in total. The summed E-state index contributed by atoms with van der Waals surface area (Å²) in [6, 6.07) is 8.71. The SMILES string of the molecule is CCCNC(=O)CN1CCN(Cc2cccc(C)c2)CC1. The Kier molecular flexibility index (Phi) is 6.21. The maximum Gasteiger partial charge on any atom is 0.234 e. The van der Waals surface area contributed by atoms with Crippen LogP contribution in [0.4, 0.5) is 0 Å². The second-order valence-electron chi connectivity index (χ2n) is 5.89. The first-order valence-corrected chi connectivity index (χ1v) is 7.94. The van der Waals surface area contributed by atoms with Gasteiger partial charge >= 0.3 is 0 Å². The summed E-state index contributed by atoms with van der Waals surface area (Å²) in [6.45, 7) is 10.6. The van der Waals surface area contributed by atoms with E-state index in [-0.39, 0.29) is 5.91 Å². The normalized spacial score (nSPS) is 16.9. The number of nitrogens with one attached hydrogen (secondary N) is 1. The molecule has 1 amide bonds. The molecule has 116 valence electrons. The van der Waals surface area contributed by atoms with Gasteiger partial charge in [0.05, 0.1) is 6.54 Å². The van der Waals surface area contributed by atoms with E-state index in [1.165, 1.54) is 11.1 Å². The molecule has 0 saturated carbocycles. The minimum atomic E-state index is 0.156. The number of hydrogen-bond donors (Lipinski definition) is 1. The standard InChI is InChI=1S/C17H27N3O/c1-3-7-18-17(21)14-20-10-8-19(9-11-20)13-16-6-4-5-15(2)12-16/h4-6,12H,3,7-11,13-14H2,1-2H3,(H,18,21). The Bertz CT molecular complexity index is 453. The van der Waals surface area contributed by atoms with Gasteiger partial charge in [-0.15, -0.1) is 0 Å². The lowest BCUT2D eigenvalue weighted by molar-refractivity contribution is -0.122. The molecule has 1 fully saturated rings. The molecule has 0 aliphatic carbocycles. The zero-order chi connectivity index (χ0) is 15.1. The van der Waals surface area contributed by atoms with Crippen molar-refractivity contribution >= 4 is 5.91 Å². The van der Waals surface area contributed by atoms with Crippen LogP contribution in [-0.2, 0) is 11.3 Å². The number of piperazine rings is 1. The number of rotatable bonds is 6. The van der Waals surface area contributed by atoms with Crippen molar-refractivity contribution in [2.45, 2.75) is 26.8 Å². The maximum absolute atomic E-state index is 11.7. The van der Waals surface area contributed by atoms with Crippen molar-refractivity contribution in [3.8, 4) is 0 Å². The second-order valence-corrected chi connectivity index (χ2v) is 5.89. The van der Waals surface area contributed by atoms with Gasteiger partial charge in [0.1, 0.15) is 0 Å². The van der Waals surface area contributed by atoms with Crippen LogP contribution in [0.3, 0.4) is 0 Å². The van der Waals surface area contributed by atoms with Crippen molar-refractivity contribution in [3.63, 3.8) is 0 Å². The Morgan fingerprint density at radius 2 is 1.90 bits per heavy atom. The number of benzene rings is 1. The topological polar surface area (TPSA) is 35.6 Å². The van der Waals surface area contributed by atoms with Gasteiger partial charge in [-0.1, -0.05) is 36.8 Å². The van der Waals surface area contributed by atoms with Crippen molar-refractivity contribution in [2.24, 2.45) is 0 Å². The summed E-state index contributed by atoms with van der Waals surface area (Å²) >= 11 is 0. The Morgan fingerprint density at radius 1 is 1.19 bits per heavy atom. The fourth-order valence-electron chi connectivity index (χ4n) is 2.70. The molecule has 1 heterocycles. The van der Waals surface area contributed by atoms with E-state index in [0.29, 0.717) is 6.54 Å². The van der Waals surface area contributed by atoms with Crippen LogP contribution in [0.1, 0.15) is 24.5 Å². The molecule has 0 unspecified atom stereocenters. The van der Waals surface area contributed by atoms with E-state index in [1.807, 2.05) is 0 Å². The van der Waals surface area contributed by atoms with Crippen LogP contribution in [0.25, 0.3) is 0 Å². The van der Waals surface area contributed by atoms with Crippen molar-refractivity contribution in [1.29, 1.82) is 0 Å². The van der Waals surface area contributed by atoms with E-state index in [4.69, 9.17) is 0 Å². The van der Waals surface area contributed by atoms with Crippen LogP contribution >= 0.6 is 0 Å². The second kappa shape index (κ2) is 8.15. The highest BCUT2D eigenvalue weighted by Crippen LogP contribution is 2.10. The summed E-state index contributed by atoms with van der Waals surface area (Å²) in [4.78, 5) is 16.4. The number of amides is 1. The average molecular weight is 289 g/mol. The van der Waals surface area contributed by atoms with Crippen LogP contribution in [0.5, 0.6) is 0 Å². The number of carbonyl (C=O) groups excluding carboxylic acids is 1. The smallest absolute Gasteiger partial charge is 0.234 e. The van der Waals surface area contributed by atoms with Gasteiger partial charge in [-0.25, -0.2) is 0 Å². The largest absolute Gasteiger partial charge is 0.355 e. The third-order valence-electron chi connectivity index (χ3n) is 3.89. The van der Waals surface area contributed by atoms with Gasteiger partial charge in [0.25, 0.3) is 0 Å². The van der Waals surface area contributed by atoms with Gasteiger partial charge in [-0.3, -0.25) is 14.6 Å². The third-order valence-corrected chi connectivity index (χ3v) is 3.89. The van der Waals surface area contributed by atoms with Crippen LogP contribution in [-0.4, -0.2) is 55.0 Å². The number of hydrogen-bond acceptors (Lipinski definition) is 3. The van der Waals surface area contributed by atoms with E-state index >= 15 is 0 Å². The molecule has 0 radical (unpaired) electrons. The minimum Gasteiger partial charge on any atom is -0.355 e. The summed E-state index contributed by atoms with van der Waals surface area (Å²) in [5.74, 6) is 0.156. The minimum absolute atomic E-state index is 0.156. The van der Waals surface area contributed by atoms with E-state index in [0.717, 1.165) is 45.7 Å². The third kappa shape index (κ3) is 5.48. The molecule has 1 aliphatic heterocycles. The molecule has 1 aromatic carbocycles. The average Bonchev–Trinajstić information content (AvgIpc) is 2.47. The van der Waals surface area contributed by atoms with Crippen LogP contribution in [0, 0.1) is 6.92 Å². The lowest BCUT2D eigenvalue weighted by atomic mass is 10.1. The molecule has 0 aromatic heterocycles. The molecular weight excluding hydrogens is 262 g/mol. The number of nitrogens with zero attached hydrogens (tertiary/aromatic N) is 2. The lowest BCUT2D eigenvalue weighted by Gasteiger charge is -2.34. The van der Waals surface area contributed by atoms with Gasteiger partial charge in [0, 0.05) is 39.3 Å². The summed E-state index contributed by atoms with van der Waals surface area (Å²) in [5, 5.41) is 2.94. The molecule has 2 rings (SSSR count). The predicted octanol–water partition coefficient (Wildman–Crippen LogP) is 1.64. The van der Waals surface area contributed by atoms with Gasteiger partial charge in [0.15, 0.2) is 0 Å². The fraction of sp³-hybridized carbons (Fsp3) is 0.588. The summed E-state index contributed by atoms with van der Waals surface area (Å²) in [5.41, 5.74) is 2.70. The molecule has 1 saturated heterocycles. The van der Waals surface area contributed by atoms with E-state index in [1.54, 1.807) is 0 Å². The monoisotopic (exact) mass is 289 g/mol. The highest BCUT2D eigenvalue weighted by molar-refractivity contribution is 5.77. The number of carbonyl (C=O) groups is 1. The zero-order valence-corrected chi connectivity index (χ0v) is 13.3. The van der Waals surface area contributed by atoms with E-state index < -0.39 is 0 Å². The van der Waals surface area contributed by atoms with Crippen molar-refractivity contribution < 1.29 is 4.79 Å². The Balaban J connectivity index is 1.72. The van der Waals surface area contributed by atoms with E-state index in [9.17, 15) is 4.79 Å². The Hall–Kier alpha value is -1.39. The van der Waals surface area contributed by atoms with Crippen molar-refractivity contribution in [1.82, 2.24) is 15.1 Å². The molecule has 4 heteroatoms. The van der Waals surface area contributed by atoms with Gasteiger partial charge in [-0.2, -0.15) is 0 Å². The molecule has 21 heavy (non-hydrogen) atoms. The molecule has 0 bridgehead atoms. The summed E-state index contributed by atoms with van der Waals surface area (Å²) in [7, 11) is 0. The van der Waals surface area contributed by atoms with Crippen LogP contribution in [0.2, 0.25) is 0 Å². The van der Waals surface area contributed by atoms with Gasteiger partial charge < -0.3 is 5.32 Å². The van der Waals surface area contributed by atoms with Gasteiger partial charge in [0.2, 0.25) is 5.91 Å². The van der Waals surface area contributed by atoms with Crippen LogP contribution < -0.4 is 5.32 Å². The molecular formula is C17H27N3O. The molecule has 1 aromatic rings. The Labute approximate surface area is 128 Å². The predicted molar refractivity (Wildman–Crippen MR) is 86.2 cm³/mol. The van der Waals surface area contributed by atoms with Crippen LogP contribution in [0.15, 0.2) is 24.3 Å². The van der Waals surface area contributed by atoms with Crippen molar-refractivity contribution in [3.05, 3.63) is 35.4 Å². The molecule has 0 atom stereocenters. The van der Waals surface area contributed by atoms with Gasteiger partial charge in [-0.05, 0) is 18.9 Å². The van der Waals surface area contributed by atoms with Crippen molar-refractivity contribution in [2.75, 3.05) is 39.3 Å². The first-order chi connectivity index (χ1) is 10.2.